The molecule has 5 heteroatoms. The Labute approximate surface area is 132 Å². The van der Waals surface area contributed by atoms with Gasteiger partial charge in [0.25, 0.3) is 0 Å². The molecule has 0 saturated carbocycles. The second kappa shape index (κ2) is 6.84. The molecule has 0 aliphatic carbocycles. The van der Waals surface area contributed by atoms with E-state index in [1.165, 1.54) is 18.5 Å². The van der Waals surface area contributed by atoms with Crippen LogP contribution in [0, 0.1) is 11.8 Å². The fourth-order valence-electron chi connectivity index (χ4n) is 3.80. The second-order valence-electron chi connectivity index (χ2n) is 6.77. The topological polar surface area (TPSA) is 60.5 Å². The third-order valence-corrected chi connectivity index (χ3v) is 5.28. The maximum Gasteiger partial charge on any atom is 0.223 e. The van der Waals surface area contributed by atoms with Crippen LogP contribution in [-0.2, 0) is 23.1 Å². The van der Waals surface area contributed by atoms with E-state index in [4.69, 9.17) is 10.5 Å². The minimum Gasteiger partial charge on any atom is -0.377 e. The first kappa shape index (κ1) is 15.6. The van der Waals surface area contributed by atoms with E-state index in [-0.39, 0.29) is 17.9 Å². The van der Waals surface area contributed by atoms with Gasteiger partial charge in [0.05, 0.1) is 12.0 Å². The number of nitrogens with zero attached hydrogens (tertiary/aromatic N) is 2. The molecule has 0 unspecified atom stereocenters. The molecule has 1 amide bonds. The van der Waals surface area contributed by atoms with Gasteiger partial charge in [0.15, 0.2) is 0 Å². The fraction of sp³-hybridized carbons (Fsp3) is 0.706. The molecule has 22 heavy (non-hydrogen) atoms. The highest BCUT2D eigenvalue weighted by Gasteiger charge is 2.35. The van der Waals surface area contributed by atoms with Crippen LogP contribution in [0.5, 0.6) is 0 Å². The summed E-state index contributed by atoms with van der Waals surface area (Å²) in [6, 6.07) is 4.29. The lowest BCUT2D eigenvalue weighted by Gasteiger charge is -2.33. The predicted molar refractivity (Wildman–Crippen MR) is 85.1 cm³/mol. The van der Waals surface area contributed by atoms with Crippen molar-refractivity contribution >= 4 is 5.91 Å². The summed E-state index contributed by atoms with van der Waals surface area (Å²) < 4.78 is 7.93. The summed E-state index contributed by atoms with van der Waals surface area (Å²) in [5.41, 5.74) is 6.84. The molecule has 2 atom stereocenters. The predicted octanol–water partition coefficient (Wildman–Crippen LogP) is 1.52. The van der Waals surface area contributed by atoms with Crippen molar-refractivity contribution in [2.45, 2.75) is 38.3 Å². The first-order valence-corrected chi connectivity index (χ1v) is 8.37. The van der Waals surface area contributed by atoms with Crippen molar-refractivity contribution in [2.75, 3.05) is 19.7 Å². The quantitative estimate of drug-likeness (QED) is 0.897. The number of aromatic nitrogens is 1. The van der Waals surface area contributed by atoms with Crippen molar-refractivity contribution in [2.24, 2.45) is 24.6 Å². The number of nitrogens with two attached hydrogens (primary N) is 1. The highest BCUT2D eigenvalue weighted by Crippen LogP contribution is 2.30. The first-order chi connectivity index (χ1) is 10.6. The van der Waals surface area contributed by atoms with Gasteiger partial charge in [-0.3, -0.25) is 9.69 Å². The van der Waals surface area contributed by atoms with Crippen LogP contribution in [0.3, 0.4) is 0 Å². The van der Waals surface area contributed by atoms with E-state index in [0.717, 1.165) is 32.5 Å². The molecule has 0 bridgehead atoms. The van der Waals surface area contributed by atoms with Gasteiger partial charge in [-0.15, -0.1) is 0 Å². The fourth-order valence-corrected chi connectivity index (χ4v) is 3.80. The Bertz CT molecular complexity index is 506. The van der Waals surface area contributed by atoms with Crippen molar-refractivity contribution in [3.8, 4) is 0 Å². The van der Waals surface area contributed by atoms with Gasteiger partial charge < -0.3 is 15.0 Å². The number of aryl methyl sites for hydroxylation is 1. The van der Waals surface area contributed by atoms with Crippen LogP contribution >= 0.6 is 0 Å². The molecular weight excluding hydrogens is 278 g/mol. The summed E-state index contributed by atoms with van der Waals surface area (Å²) in [4.78, 5) is 14.0. The summed E-state index contributed by atoms with van der Waals surface area (Å²) >= 11 is 0. The van der Waals surface area contributed by atoms with Crippen molar-refractivity contribution in [1.29, 1.82) is 0 Å². The Morgan fingerprint density at radius 3 is 2.77 bits per heavy atom. The minimum absolute atomic E-state index is 0.0573. The van der Waals surface area contributed by atoms with E-state index in [1.807, 2.05) is 0 Å². The van der Waals surface area contributed by atoms with Crippen molar-refractivity contribution in [3.05, 3.63) is 24.0 Å². The lowest BCUT2D eigenvalue weighted by atomic mass is 9.86. The normalized spacial score (nSPS) is 27.3. The van der Waals surface area contributed by atoms with Crippen LogP contribution in [0.25, 0.3) is 0 Å². The summed E-state index contributed by atoms with van der Waals surface area (Å²) in [6.45, 7) is 3.97. The van der Waals surface area contributed by atoms with Gasteiger partial charge >= 0.3 is 0 Å². The molecule has 122 valence electrons. The molecule has 3 heterocycles. The Kier molecular flexibility index (Phi) is 4.84. The summed E-state index contributed by atoms with van der Waals surface area (Å²) in [6.07, 6.45) is 6.33. The number of primary amides is 1. The molecule has 1 aromatic rings. The molecule has 3 rings (SSSR count). The number of ether oxygens (including phenoxy) is 1. The number of hydrogen-bond acceptors (Lipinski definition) is 3. The summed E-state index contributed by atoms with van der Waals surface area (Å²) in [5.74, 6) is 0.402. The van der Waals surface area contributed by atoms with E-state index in [9.17, 15) is 4.79 Å². The van der Waals surface area contributed by atoms with Gasteiger partial charge in [0, 0.05) is 32.1 Å². The number of likely N-dealkylation sites (tertiary alicyclic amines) is 1. The third kappa shape index (κ3) is 3.52. The van der Waals surface area contributed by atoms with Crippen LogP contribution < -0.4 is 5.73 Å². The van der Waals surface area contributed by atoms with Crippen molar-refractivity contribution in [3.63, 3.8) is 0 Å². The zero-order valence-electron chi connectivity index (χ0n) is 13.4. The van der Waals surface area contributed by atoms with E-state index >= 15 is 0 Å². The van der Waals surface area contributed by atoms with E-state index in [2.05, 4.69) is 34.8 Å². The minimum atomic E-state index is -0.191. The Hall–Kier alpha value is -1.33. The number of amides is 1. The molecule has 0 spiro atoms. The van der Waals surface area contributed by atoms with Gasteiger partial charge in [-0.25, -0.2) is 0 Å². The van der Waals surface area contributed by atoms with Crippen LogP contribution in [0.15, 0.2) is 18.3 Å². The van der Waals surface area contributed by atoms with E-state index in [0.29, 0.717) is 12.5 Å². The molecule has 2 aliphatic rings. The smallest absolute Gasteiger partial charge is 0.223 e. The lowest BCUT2D eigenvalue weighted by Crippen LogP contribution is -2.37. The van der Waals surface area contributed by atoms with Crippen LogP contribution in [0.1, 0.15) is 31.4 Å². The Balaban J connectivity index is 1.46. The summed E-state index contributed by atoms with van der Waals surface area (Å²) in [5, 5.41) is 0. The number of carbonyl (C=O) groups excluding carboxylic acids is 1. The second-order valence-corrected chi connectivity index (χ2v) is 6.77. The van der Waals surface area contributed by atoms with E-state index < -0.39 is 0 Å². The lowest BCUT2D eigenvalue weighted by molar-refractivity contribution is -0.123. The van der Waals surface area contributed by atoms with Gasteiger partial charge in [-0.05, 0) is 56.8 Å². The maximum atomic E-state index is 11.4. The van der Waals surface area contributed by atoms with Gasteiger partial charge in [-0.1, -0.05) is 0 Å². The Morgan fingerprint density at radius 2 is 2.14 bits per heavy atom. The van der Waals surface area contributed by atoms with Crippen LogP contribution in [0.2, 0.25) is 0 Å². The number of carbonyl (C=O) groups is 1. The SMILES string of the molecule is Cn1cccc1CN1CCC(C[C@H]2OCC[C@H]2C(N)=O)CC1. The summed E-state index contributed by atoms with van der Waals surface area (Å²) in [7, 11) is 2.10. The molecule has 5 nitrogen and oxygen atoms in total. The van der Waals surface area contributed by atoms with Crippen LogP contribution in [-0.4, -0.2) is 41.2 Å². The average Bonchev–Trinajstić information content (AvgIpc) is 3.11. The standard InChI is InChI=1S/C17H27N3O2/c1-19-7-2-3-14(19)12-20-8-4-13(5-9-20)11-16-15(17(18)21)6-10-22-16/h2-3,7,13,15-16H,4-6,8-12H2,1H3,(H2,18,21)/t15-,16-/m1/s1. The zero-order valence-corrected chi connectivity index (χ0v) is 13.4. The number of rotatable bonds is 5. The molecule has 0 aromatic carbocycles. The first-order valence-electron chi connectivity index (χ1n) is 8.37. The third-order valence-electron chi connectivity index (χ3n) is 5.28. The van der Waals surface area contributed by atoms with Crippen LogP contribution in [0.4, 0.5) is 0 Å². The molecular formula is C17H27N3O2. The van der Waals surface area contributed by atoms with Crippen molar-refractivity contribution in [1.82, 2.24) is 9.47 Å². The highest BCUT2D eigenvalue weighted by molar-refractivity contribution is 5.77. The highest BCUT2D eigenvalue weighted by atomic mass is 16.5. The number of piperidine rings is 1. The van der Waals surface area contributed by atoms with E-state index in [1.54, 1.807) is 0 Å². The largest absolute Gasteiger partial charge is 0.377 e. The molecule has 2 N–H and O–H groups in total. The molecule has 2 fully saturated rings. The molecule has 0 radical (unpaired) electrons. The zero-order chi connectivity index (χ0) is 15.5. The molecule has 2 aliphatic heterocycles. The molecule has 2 saturated heterocycles. The monoisotopic (exact) mass is 305 g/mol. The van der Waals surface area contributed by atoms with Gasteiger partial charge in [0.2, 0.25) is 5.91 Å². The molecule has 1 aromatic heterocycles. The van der Waals surface area contributed by atoms with Crippen molar-refractivity contribution < 1.29 is 9.53 Å². The maximum absolute atomic E-state index is 11.4. The average molecular weight is 305 g/mol. The Morgan fingerprint density at radius 1 is 1.36 bits per heavy atom. The van der Waals surface area contributed by atoms with Gasteiger partial charge in [0.1, 0.15) is 0 Å². The number of hydrogen-bond donors (Lipinski definition) is 1. The van der Waals surface area contributed by atoms with Gasteiger partial charge in [-0.2, -0.15) is 0 Å².